The molecule has 27 heteroatoms. The Balaban J connectivity index is 0.000000162. The van der Waals surface area contributed by atoms with Crippen molar-refractivity contribution in [2.24, 2.45) is 0 Å². The molecule has 19 nitrogen and oxygen atoms in total. The Bertz CT molecular complexity index is 5170. The number of rotatable bonds is 24. The first-order chi connectivity index (χ1) is 47.9. The zero-order valence-corrected chi connectivity index (χ0v) is 57.7. The van der Waals surface area contributed by atoms with E-state index < -0.39 is 53.8 Å². The monoisotopic (exact) mass is 1480 g/mol. The van der Waals surface area contributed by atoms with Gasteiger partial charge in [0.25, 0.3) is 30.1 Å². The van der Waals surface area contributed by atoms with E-state index in [1.165, 1.54) is 78.5 Å². The number of thioether (sulfide) groups is 3. The van der Waals surface area contributed by atoms with Crippen molar-refractivity contribution in [2.45, 2.75) is 45.6 Å². The van der Waals surface area contributed by atoms with Gasteiger partial charge in [0.05, 0.1) is 63.7 Å². The van der Waals surface area contributed by atoms with Crippen LogP contribution in [0.3, 0.4) is 0 Å². The molecule has 0 aliphatic heterocycles. The van der Waals surface area contributed by atoms with Crippen molar-refractivity contribution in [1.29, 1.82) is 0 Å². The number of carboxylic acids is 3. The molecule has 0 aliphatic carbocycles. The van der Waals surface area contributed by atoms with Crippen LogP contribution in [0.15, 0.2) is 288 Å². The van der Waals surface area contributed by atoms with Crippen LogP contribution in [0.2, 0.25) is 0 Å². The van der Waals surface area contributed by atoms with Gasteiger partial charge in [0, 0.05) is 54.2 Å². The van der Waals surface area contributed by atoms with E-state index in [-0.39, 0.29) is 92.4 Å². The third kappa shape index (κ3) is 18.9. The van der Waals surface area contributed by atoms with Gasteiger partial charge in [-0.2, -0.15) is 0 Å². The number of hydrogen-bond donors (Lipinski definition) is 9. The van der Waals surface area contributed by atoms with Crippen LogP contribution < -0.4 is 18.9 Å². The summed E-state index contributed by atoms with van der Waals surface area (Å²) in [7, 11) is -12.0. The smallest absolute Gasteiger partial charge is 0.313 e. The SMILES string of the molecule is O=C(O)CSc1cc(NS(=O)(=O)c2cccc(Cc3ccccc3)c2)c2ccccc2c1O.O=C(O)CSc1cc(NS(=O)(=O)c2cccc(Oc3cccc(F)c3)c2)c2ccccc2c1O.O=C(O)CSc1cc(NS(=O)(=O)c2cccc(Sc3ccccc3)c2)c2ccccc2c1O. The van der Waals surface area contributed by atoms with E-state index in [0.717, 1.165) is 56.2 Å². The Morgan fingerprint density at radius 1 is 0.360 bits per heavy atom. The van der Waals surface area contributed by atoms with Gasteiger partial charge < -0.3 is 35.4 Å². The van der Waals surface area contributed by atoms with Gasteiger partial charge in [-0.3, -0.25) is 28.5 Å². The number of phenolic OH excluding ortho intramolecular Hbond substituents is 3. The van der Waals surface area contributed by atoms with Gasteiger partial charge >= 0.3 is 17.9 Å². The molecule has 9 N–H and O–H groups in total. The lowest BCUT2D eigenvalue weighted by atomic mass is 10.1. The fraction of sp³-hybridized carbons (Fsp3) is 0.0548. The van der Waals surface area contributed by atoms with Crippen LogP contribution in [0.5, 0.6) is 28.7 Å². The molecule has 100 heavy (non-hydrogen) atoms. The van der Waals surface area contributed by atoms with E-state index >= 15 is 0 Å². The van der Waals surface area contributed by atoms with Crippen LogP contribution in [0.1, 0.15) is 11.1 Å². The maximum atomic E-state index is 13.4. The number of benzene rings is 12. The molecule has 0 saturated heterocycles. The third-order valence-electron chi connectivity index (χ3n) is 14.4. The normalized spacial score (nSPS) is 11.4. The maximum absolute atomic E-state index is 13.4. The molecule has 0 heterocycles. The molecule has 0 radical (unpaired) electrons. The van der Waals surface area contributed by atoms with Gasteiger partial charge in [-0.15, -0.1) is 35.3 Å². The lowest BCUT2D eigenvalue weighted by Crippen LogP contribution is -2.13. The average Bonchev–Trinajstić information content (AvgIpc) is 0.787. The molecule has 0 bridgehead atoms. The predicted octanol–water partition coefficient (Wildman–Crippen LogP) is 16.2. The van der Waals surface area contributed by atoms with Crippen molar-refractivity contribution in [1.82, 2.24) is 0 Å². The number of carbonyl (C=O) groups is 3. The number of hydrogen-bond acceptors (Lipinski definition) is 17. The molecule has 0 unspecified atom stereocenters. The first-order valence-corrected chi connectivity index (χ1v) is 38.0. The average molecular weight is 1480 g/mol. The number of aromatic hydroxyl groups is 3. The summed E-state index contributed by atoms with van der Waals surface area (Å²) >= 11 is 4.18. The molecular weight excluding hydrogens is 1420 g/mol. The Kier molecular flexibility index (Phi) is 23.5. The molecule has 12 aromatic rings. The van der Waals surface area contributed by atoms with Crippen LogP contribution >= 0.6 is 47.0 Å². The highest BCUT2D eigenvalue weighted by Crippen LogP contribution is 2.44. The highest BCUT2D eigenvalue weighted by Gasteiger charge is 2.24. The third-order valence-corrected chi connectivity index (χ3v) is 22.6. The number of sulfonamides is 3. The van der Waals surface area contributed by atoms with Gasteiger partial charge in [-0.05, 0) is 102 Å². The first-order valence-electron chi connectivity index (χ1n) is 29.8. The molecule has 12 rings (SSSR count). The predicted molar refractivity (Wildman–Crippen MR) is 390 cm³/mol. The minimum absolute atomic E-state index is 0.0790. The minimum atomic E-state index is -4.10. The molecule has 0 fully saturated rings. The highest BCUT2D eigenvalue weighted by molar-refractivity contribution is 8.00. The summed E-state index contributed by atoms with van der Waals surface area (Å²) in [6.07, 6.45) is 0.600. The summed E-state index contributed by atoms with van der Waals surface area (Å²) in [4.78, 5) is 35.6. The number of aliphatic carboxylic acids is 3. The van der Waals surface area contributed by atoms with Crippen molar-refractivity contribution in [3.8, 4) is 28.7 Å². The Morgan fingerprint density at radius 2 is 0.700 bits per heavy atom. The van der Waals surface area contributed by atoms with E-state index in [1.807, 2.05) is 72.8 Å². The Hall–Kier alpha value is -10.4. The van der Waals surface area contributed by atoms with Crippen LogP contribution in [0.4, 0.5) is 21.5 Å². The topological polar surface area (TPSA) is 320 Å². The Morgan fingerprint density at radius 3 is 1.13 bits per heavy atom. The fourth-order valence-corrected chi connectivity index (χ4v) is 16.5. The van der Waals surface area contributed by atoms with Crippen LogP contribution in [-0.2, 0) is 50.9 Å². The second-order valence-corrected chi connectivity index (χ2v) is 30.8. The Labute approximate surface area is 590 Å². The number of fused-ring (bicyclic) bond motifs is 3. The lowest BCUT2D eigenvalue weighted by molar-refractivity contribution is -0.134. The van der Waals surface area contributed by atoms with Crippen molar-refractivity contribution in [3.05, 3.63) is 266 Å². The molecular formula is C73H58FN3O16S7. The van der Waals surface area contributed by atoms with Gasteiger partial charge in [-0.25, -0.2) is 29.6 Å². The number of nitrogens with one attached hydrogen (secondary N) is 3. The molecule has 0 atom stereocenters. The largest absolute Gasteiger partial charge is 0.506 e. The van der Waals surface area contributed by atoms with E-state index in [1.54, 1.807) is 109 Å². The summed E-state index contributed by atoms with van der Waals surface area (Å²) in [5.74, 6) is -4.36. The van der Waals surface area contributed by atoms with Crippen molar-refractivity contribution < 1.29 is 79.4 Å². The van der Waals surface area contributed by atoms with Crippen molar-refractivity contribution in [3.63, 3.8) is 0 Å². The zero-order valence-electron chi connectivity index (χ0n) is 52.0. The summed E-state index contributed by atoms with van der Waals surface area (Å²) in [6.45, 7) is 0. The highest BCUT2D eigenvalue weighted by atomic mass is 32.2. The molecule has 12 aromatic carbocycles. The number of anilines is 3. The number of halogens is 1. The van der Waals surface area contributed by atoms with Gasteiger partial charge in [0.15, 0.2) is 0 Å². The van der Waals surface area contributed by atoms with Crippen molar-refractivity contribution >= 4 is 144 Å². The van der Waals surface area contributed by atoms with Crippen LogP contribution in [0.25, 0.3) is 32.3 Å². The summed E-state index contributed by atoms with van der Waals surface area (Å²) in [6, 6.07) is 68.6. The first kappa shape index (κ1) is 72.4. The molecule has 0 aliphatic rings. The zero-order chi connectivity index (χ0) is 71.1. The maximum Gasteiger partial charge on any atom is 0.313 e. The van der Waals surface area contributed by atoms with Crippen LogP contribution in [-0.4, -0.2) is 91.1 Å². The number of phenols is 3. The summed E-state index contributed by atoms with van der Waals surface area (Å²) in [5.41, 5.74) is 2.64. The quantitative estimate of drug-likeness (QED) is 0.0200. The lowest BCUT2D eigenvalue weighted by Gasteiger charge is -2.15. The van der Waals surface area contributed by atoms with E-state index in [0.29, 0.717) is 38.7 Å². The van der Waals surface area contributed by atoms with Gasteiger partial charge in [0.1, 0.15) is 34.6 Å². The van der Waals surface area contributed by atoms with Crippen LogP contribution in [0, 0.1) is 5.82 Å². The van der Waals surface area contributed by atoms with E-state index in [4.69, 9.17) is 20.1 Å². The molecule has 0 spiro atoms. The second kappa shape index (κ2) is 32.5. The molecule has 510 valence electrons. The standard InChI is InChI=1S/C25H21NO5S2.C24H18FNO6S2.C24H19NO5S3/c27-24(28)16-32-23-15-22(20-11-4-5-12-21(20)25(23)29)26-33(30,31)19-10-6-9-18(14-19)13-17-7-2-1-3-8-17;25-15-5-3-6-16(11-15)32-17-7-4-8-18(12-17)34(30,31)26-21-13-22(33-14-23(27)28)24(29)20-10-2-1-9-19(20)21;26-23(27)15-31-22-14-21(19-11-4-5-12-20(19)24(22)28)25-33(29,30)18-10-6-9-17(13-18)32-16-7-2-1-3-8-16/h1-12,14-15,26,29H,13,16H2,(H,27,28);1-13,26,29H,14H2,(H,27,28);1-14,25,28H,15H2,(H,26,27). The van der Waals surface area contributed by atoms with Gasteiger partial charge in [0.2, 0.25) is 0 Å². The summed E-state index contributed by atoms with van der Waals surface area (Å²) < 4.78 is 106. The number of ether oxygens (including phenoxy) is 1. The second-order valence-electron chi connectivity index (χ2n) is 21.5. The molecule has 0 amide bonds. The van der Waals surface area contributed by atoms with Gasteiger partial charge in [-0.1, -0.05) is 163 Å². The molecule has 0 saturated carbocycles. The van der Waals surface area contributed by atoms with Crippen molar-refractivity contribution in [2.75, 3.05) is 31.4 Å². The fourth-order valence-electron chi connectivity index (χ4n) is 9.97. The number of carboxylic acid groups (broad SMARTS) is 3. The minimum Gasteiger partial charge on any atom is -0.506 e. The van der Waals surface area contributed by atoms with E-state index in [2.05, 4.69) is 14.2 Å². The summed E-state index contributed by atoms with van der Waals surface area (Å²) in [5, 5.41) is 61.4. The van der Waals surface area contributed by atoms with E-state index in [9.17, 15) is 59.3 Å². The molecule has 0 aromatic heterocycles.